The molecule has 0 saturated heterocycles. The Balaban J connectivity index is 0.00000161. The Morgan fingerprint density at radius 1 is 1.00 bits per heavy atom. The van der Waals surface area contributed by atoms with E-state index in [2.05, 4.69) is 73.1 Å². The number of thioether (sulfide) groups is 1. The first-order valence-electron chi connectivity index (χ1n) is 6.75. The van der Waals surface area contributed by atoms with E-state index in [1.54, 1.807) is 11.8 Å². The number of nitrogens with one attached hydrogen (secondary N) is 1. The Hall–Kier alpha value is -1.01. The molecule has 2 aromatic carbocycles. The van der Waals surface area contributed by atoms with Crippen LogP contribution in [0.4, 0.5) is 0 Å². The Morgan fingerprint density at radius 3 is 2.14 bits per heavy atom. The second-order valence-electron chi connectivity index (χ2n) is 5.12. The van der Waals surface area contributed by atoms with Crippen molar-refractivity contribution >= 4 is 40.9 Å². The normalized spacial score (nSPS) is 23.9. The first-order valence-corrected chi connectivity index (χ1v) is 7.97. The minimum atomic E-state index is -0.263. The lowest BCUT2D eigenvalue weighted by molar-refractivity contribution is 0.406. The summed E-state index contributed by atoms with van der Waals surface area (Å²) in [6.07, 6.45) is 2.06. The Morgan fingerprint density at radius 2 is 1.57 bits per heavy atom. The topological polar surface area (TPSA) is 24.4 Å². The molecule has 1 heterocycles. The number of rotatable bonds is 2. The summed E-state index contributed by atoms with van der Waals surface area (Å²) in [4.78, 5) is 4.94. The van der Waals surface area contributed by atoms with Crippen molar-refractivity contribution in [1.29, 1.82) is 0 Å². The van der Waals surface area contributed by atoms with Gasteiger partial charge in [0.2, 0.25) is 0 Å². The van der Waals surface area contributed by atoms with Gasteiger partial charge in [0, 0.05) is 0 Å². The zero-order chi connectivity index (χ0) is 14.0. The van der Waals surface area contributed by atoms with Gasteiger partial charge in [-0.05, 0) is 24.3 Å². The van der Waals surface area contributed by atoms with E-state index in [-0.39, 0.29) is 35.6 Å². The van der Waals surface area contributed by atoms with Crippen LogP contribution in [0.5, 0.6) is 0 Å². The zero-order valence-corrected chi connectivity index (χ0v) is 15.3. The minimum absolute atomic E-state index is 0. The van der Waals surface area contributed by atoms with E-state index in [1.807, 2.05) is 6.07 Å². The van der Waals surface area contributed by atoms with Crippen molar-refractivity contribution in [3.05, 3.63) is 71.8 Å². The average Bonchev–Trinajstić information content (AvgIpc) is 2.87. The van der Waals surface area contributed by atoms with Gasteiger partial charge in [-0.15, -0.1) is 24.0 Å². The quantitative estimate of drug-likeness (QED) is 0.733. The summed E-state index contributed by atoms with van der Waals surface area (Å²) in [7, 11) is 0. The van der Waals surface area contributed by atoms with Gasteiger partial charge in [-0.3, -0.25) is 0 Å². The van der Waals surface area contributed by atoms with E-state index in [9.17, 15) is 0 Å². The monoisotopic (exact) mass is 410 g/mol. The van der Waals surface area contributed by atoms with Crippen LogP contribution in [0.2, 0.25) is 0 Å². The molecule has 0 aromatic heterocycles. The lowest BCUT2D eigenvalue weighted by Gasteiger charge is -2.29. The van der Waals surface area contributed by atoms with Crippen LogP contribution in [0.15, 0.2) is 65.7 Å². The van der Waals surface area contributed by atoms with Gasteiger partial charge in [0.15, 0.2) is 5.17 Å². The second kappa shape index (κ2) is 6.83. The maximum absolute atomic E-state index is 4.94. The number of halogens is 1. The summed E-state index contributed by atoms with van der Waals surface area (Å²) in [6, 6.07) is 21.2. The highest BCUT2D eigenvalue weighted by atomic mass is 127. The van der Waals surface area contributed by atoms with Crippen molar-refractivity contribution in [1.82, 2.24) is 5.32 Å². The third-order valence-electron chi connectivity index (χ3n) is 3.85. The number of hydrogen-bond acceptors (Lipinski definition) is 3. The van der Waals surface area contributed by atoms with Crippen molar-refractivity contribution in [2.24, 2.45) is 4.99 Å². The van der Waals surface area contributed by atoms with E-state index in [0.717, 1.165) is 5.17 Å². The Labute approximate surface area is 147 Å². The van der Waals surface area contributed by atoms with Crippen molar-refractivity contribution in [3.63, 3.8) is 0 Å². The standard InChI is InChI=1S/C17H18N2S.HI/c1-17(14-11-7-4-8-12-14)15(18-16(19-17)20-2)13-9-5-3-6-10-13;/h3-12,15H,1-2H3,(H,18,19);1H/t15-,17+;/m1./s1. The minimum Gasteiger partial charge on any atom is -0.355 e. The Bertz CT molecular complexity index is 615. The molecule has 0 amide bonds. The van der Waals surface area contributed by atoms with Crippen molar-refractivity contribution < 1.29 is 0 Å². The predicted octanol–water partition coefficient (Wildman–Crippen LogP) is 4.58. The maximum Gasteiger partial charge on any atom is 0.157 e. The largest absolute Gasteiger partial charge is 0.355 e. The van der Waals surface area contributed by atoms with E-state index in [0.29, 0.717) is 0 Å². The fraction of sp³-hybridized carbons (Fsp3) is 0.235. The summed E-state index contributed by atoms with van der Waals surface area (Å²) < 4.78 is 0. The summed E-state index contributed by atoms with van der Waals surface area (Å²) in [5, 5.41) is 4.56. The molecule has 21 heavy (non-hydrogen) atoms. The van der Waals surface area contributed by atoms with Crippen molar-refractivity contribution in [3.8, 4) is 0 Å². The molecule has 0 spiro atoms. The SMILES string of the molecule is CSC1=N[C@@](C)(c2ccccc2)[C@@H](c2ccccc2)N1.I. The highest BCUT2D eigenvalue weighted by Crippen LogP contribution is 2.42. The van der Waals surface area contributed by atoms with Gasteiger partial charge in [-0.25, -0.2) is 4.99 Å². The van der Waals surface area contributed by atoms with Crippen LogP contribution in [-0.2, 0) is 5.54 Å². The second-order valence-corrected chi connectivity index (χ2v) is 5.92. The molecule has 4 heteroatoms. The third-order valence-corrected chi connectivity index (χ3v) is 4.44. The molecule has 1 aliphatic heterocycles. The number of amidine groups is 1. The summed E-state index contributed by atoms with van der Waals surface area (Å²) in [5.74, 6) is 0. The number of nitrogens with zero attached hydrogens (tertiary/aromatic N) is 1. The van der Waals surface area contributed by atoms with Crippen molar-refractivity contribution in [2.75, 3.05) is 6.26 Å². The van der Waals surface area contributed by atoms with Crippen molar-refractivity contribution in [2.45, 2.75) is 18.5 Å². The molecule has 2 aromatic rings. The fourth-order valence-corrected chi connectivity index (χ4v) is 3.25. The van der Waals surface area contributed by atoms with E-state index in [4.69, 9.17) is 4.99 Å². The average molecular weight is 410 g/mol. The van der Waals surface area contributed by atoms with E-state index in [1.165, 1.54) is 11.1 Å². The third kappa shape index (κ3) is 3.11. The van der Waals surface area contributed by atoms with Crippen LogP contribution in [0.3, 0.4) is 0 Å². The van der Waals surface area contributed by atoms with Crippen LogP contribution in [0.1, 0.15) is 24.1 Å². The predicted molar refractivity (Wildman–Crippen MR) is 102 cm³/mol. The molecule has 0 saturated carbocycles. The summed E-state index contributed by atoms with van der Waals surface area (Å²) in [6.45, 7) is 2.20. The summed E-state index contributed by atoms with van der Waals surface area (Å²) in [5.41, 5.74) is 2.25. The first kappa shape index (κ1) is 16.4. The molecule has 1 aliphatic rings. The van der Waals surface area contributed by atoms with Crippen LogP contribution in [-0.4, -0.2) is 11.4 Å². The van der Waals surface area contributed by atoms with Crippen LogP contribution in [0.25, 0.3) is 0 Å². The molecule has 1 N–H and O–H groups in total. The van der Waals surface area contributed by atoms with Gasteiger partial charge < -0.3 is 5.32 Å². The zero-order valence-electron chi connectivity index (χ0n) is 12.1. The van der Waals surface area contributed by atoms with Gasteiger partial charge in [0.1, 0.15) is 5.54 Å². The van der Waals surface area contributed by atoms with Gasteiger partial charge >= 0.3 is 0 Å². The van der Waals surface area contributed by atoms with Gasteiger partial charge in [0.25, 0.3) is 0 Å². The number of benzene rings is 2. The smallest absolute Gasteiger partial charge is 0.157 e. The van der Waals surface area contributed by atoms with Gasteiger partial charge in [0.05, 0.1) is 6.04 Å². The van der Waals surface area contributed by atoms with Gasteiger partial charge in [-0.1, -0.05) is 72.4 Å². The Kier molecular flexibility index (Phi) is 5.32. The number of hydrogen-bond donors (Lipinski definition) is 1. The van der Waals surface area contributed by atoms with Gasteiger partial charge in [-0.2, -0.15) is 0 Å². The molecular formula is C17H19IN2S. The highest BCUT2D eigenvalue weighted by Gasteiger charge is 2.42. The van der Waals surface area contributed by atoms with Crippen LogP contribution >= 0.6 is 35.7 Å². The first-order chi connectivity index (χ1) is 9.74. The molecule has 0 bridgehead atoms. The fourth-order valence-electron chi connectivity index (χ4n) is 2.74. The lowest BCUT2D eigenvalue weighted by atomic mass is 9.82. The molecule has 3 rings (SSSR count). The molecule has 0 fully saturated rings. The molecule has 110 valence electrons. The lowest BCUT2D eigenvalue weighted by Crippen LogP contribution is -2.32. The molecular weight excluding hydrogens is 391 g/mol. The van der Waals surface area contributed by atoms with Crippen LogP contribution < -0.4 is 5.32 Å². The van der Waals surface area contributed by atoms with E-state index < -0.39 is 0 Å². The molecule has 2 nitrogen and oxygen atoms in total. The molecule has 0 unspecified atom stereocenters. The van der Waals surface area contributed by atoms with E-state index >= 15 is 0 Å². The molecule has 2 atom stereocenters. The summed E-state index contributed by atoms with van der Waals surface area (Å²) >= 11 is 1.67. The van der Waals surface area contributed by atoms with Crippen LogP contribution in [0, 0.1) is 0 Å². The molecule has 0 radical (unpaired) electrons. The molecule has 0 aliphatic carbocycles. The maximum atomic E-state index is 4.94. The number of aliphatic imine (C=N–C) groups is 1. The highest BCUT2D eigenvalue weighted by molar-refractivity contribution is 14.0.